The van der Waals surface area contributed by atoms with Gasteiger partial charge in [-0.1, -0.05) is 12.1 Å². The van der Waals surface area contributed by atoms with Gasteiger partial charge in [-0.25, -0.2) is 0 Å². The minimum Gasteiger partial charge on any atom is -0.348 e. The molecule has 0 aliphatic carbocycles. The summed E-state index contributed by atoms with van der Waals surface area (Å²) in [6, 6.07) is 8.02. The second kappa shape index (κ2) is 8.72. The fourth-order valence-corrected chi connectivity index (χ4v) is 4.42. The van der Waals surface area contributed by atoms with E-state index in [0.29, 0.717) is 11.3 Å². The number of carbonyl (C=O) groups is 2. The summed E-state index contributed by atoms with van der Waals surface area (Å²) in [6.45, 7) is 4.86. The van der Waals surface area contributed by atoms with E-state index in [1.54, 1.807) is 0 Å². The molecule has 0 bridgehead atoms. The zero-order valence-electron chi connectivity index (χ0n) is 14.8. The van der Waals surface area contributed by atoms with Crippen molar-refractivity contribution in [2.45, 2.75) is 49.6 Å². The Morgan fingerprint density at radius 2 is 2.00 bits per heavy atom. The summed E-state index contributed by atoms with van der Waals surface area (Å²) in [5.41, 5.74) is 0.666. The van der Waals surface area contributed by atoms with Gasteiger partial charge in [0.05, 0.1) is 11.3 Å². The molecule has 2 fully saturated rings. The third-order valence-corrected chi connectivity index (χ3v) is 6.08. The number of amides is 2. The highest BCUT2D eigenvalue weighted by atomic mass is 32.2. The van der Waals surface area contributed by atoms with Crippen molar-refractivity contribution >= 4 is 23.6 Å². The molecule has 136 valence electrons. The van der Waals surface area contributed by atoms with Crippen molar-refractivity contribution in [2.75, 3.05) is 25.4 Å². The number of piperidine rings is 1. The molecule has 2 aliphatic rings. The average Bonchev–Trinajstić information content (AvgIpc) is 3.16. The predicted molar refractivity (Wildman–Crippen MR) is 101 cm³/mol. The molecule has 2 N–H and O–H groups in total. The van der Waals surface area contributed by atoms with Gasteiger partial charge in [0.15, 0.2) is 0 Å². The van der Waals surface area contributed by atoms with Crippen molar-refractivity contribution in [1.29, 1.82) is 0 Å². The van der Waals surface area contributed by atoms with E-state index in [1.165, 1.54) is 11.8 Å². The number of carbonyl (C=O) groups excluding carboxylic acids is 2. The van der Waals surface area contributed by atoms with E-state index in [9.17, 15) is 9.59 Å². The molecule has 0 aromatic heterocycles. The third-order valence-electron chi connectivity index (χ3n) is 5.02. The van der Waals surface area contributed by atoms with Gasteiger partial charge in [0, 0.05) is 30.1 Å². The number of rotatable bonds is 5. The van der Waals surface area contributed by atoms with Gasteiger partial charge in [0.1, 0.15) is 0 Å². The maximum atomic E-state index is 12.7. The van der Waals surface area contributed by atoms with Crippen LogP contribution in [0.1, 0.15) is 43.0 Å². The molecular formula is C19H27N3O2S. The van der Waals surface area contributed by atoms with Crippen molar-refractivity contribution in [2.24, 2.45) is 0 Å². The van der Waals surface area contributed by atoms with Gasteiger partial charge < -0.3 is 15.5 Å². The Hall–Kier alpha value is -1.53. The van der Waals surface area contributed by atoms with Crippen molar-refractivity contribution in [3.63, 3.8) is 0 Å². The summed E-state index contributed by atoms with van der Waals surface area (Å²) < 4.78 is 0. The maximum Gasteiger partial charge on any atom is 0.252 e. The number of nitrogens with one attached hydrogen (secondary N) is 2. The summed E-state index contributed by atoms with van der Waals surface area (Å²) in [5, 5.41) is 6.56. The Morgan fingerprint density at radius 1 is 1.24 bits per heavy atom. The number of hydrogen-bond acceptors (Lipinski definition) is 4. The van der Waals surface area contributed by atoms with Crippen molar-refractivity contribution in [3.8, 4) is 0 Å². The van der Waals surface area contributed by atoms with Gasteiger partial charge in [-0.15, -0.1) is 11.8 Å². The van der Waals surface area contributed by atoms with Crippen molar-refractivity contribution in [1.82, 2.24) is 15.5 Å². The van der Waals surface area contributed by atoms with Gasteiger partial charge >= 0.3 is 0 Å². The summed E-state index contributed by atoms with van der Waals surface area (Å²) in [5.74, 6) is 0.520. The molecule has 2 heterocycles. The molecule has 2 atom stereocenters. The first-order chi connectivity index (χ1) is 12.1. The lowest BCUT2D eigenvalue weighted by atomic mass is 9.99. The van der Waals surface area contributed by atoms with Crippen LogP contribution in [-0.4, -0.2) is 54.2 Å². The number of hydrogen-bond donors (Lipinski definition) is 2. The standard InChI is InChI=1S/C19H27N3O2S/c1-14-16(8-6-10-20-14)21-19(24)15-7-2-3-9-17(15)25-13-18(23)22-11-4-5-12-22/h2-3,7,9,14,16,20H,4-6,8,10-13H2,1H3,(H,21,24). The molecule has 2 aliphatic heterocycles. The highest BCUT2D eigenvalue weighted by Gasteiger charge is 2.24. The van der Waals surface area contributed by atoms with Gasteiger partial charge in [-0.05, 0) is 51.3 Å². The summed E-state index contributed by atoms with van der Waals surface area (Å²) >= 11 is 1.47. The second-order valence-corrected chi connectivity index (χ2v) is 7.85. The van der Waals surface area contributed by atoms with Crippen LogP contribution in [0.15, 0.2) is 29.2 Å². The molecule has 2 amide bonds. The molecular weight excluding hydrogens is 334 g/mol. The Kier molecular flexibility index (Phi) is 6.37. The lowest BCUT2D eigenvalue weighted by molar-refractivity contribution is -0.127. The van der Waals surface area contributed by atoms with Crippen molar-refractivity contribution < 1.29 is 9.59 Å². The smallest absolute Gasteiger partial charge is 0.252 e. The number of likely N-dealkylation sites (tertiary alicyclic amines) is 1. The first-order valence-corrected chi connectivity index (χ1v) is 10.2. The normalized spacial score (nSPS) is 23.5. The topological polar surface area (TPSA) is 61.4 Å². The lowest BCUT2D eigenvalue weighted by Gasteiger charge is -2.30. The summed E-state index contributed by atoms with van der Waals surface area (Å²) in [4.78, 5) is 27.8. The first kappa shape index (κ1) is 18.3. The van der Waals surface area contributed by atoms with Gasteiger partial charge in [0.2, 0.25) is 5.91 Å². The van der Waals surface area contributed by atoms with Crippen LogP contribution >= 0.6 is 11.8 Å². The van der Waals surface area contributed by atoms with Crippen molar-refractivity contribution in [3.05, 3.63) is 29.8 Å². The maximum absolute atomic E-state index is 12.7. The number of nitrogens with zero attached hydrogens (tertiary/aromatic N) is 1. The van der Waals surface area contributed by atoms with E-state index in [1.807, 2.05) is 29.2 Å². The quantitative estimate of drug-likeness (QED) is 0.790. The van der Waals surface area contributed by atoms with Crippen LogP contribution in [-0.2, 0) is 4.79 Å². The van der Waals surface area contributed by atoms with Crippen LogP contribution in [0.2, 0.25) is 0 Å². The molecule has 5 nitrogen and oxygen atoms in total. The average molecular weight is 362 g/mol. The zero-order chi connectivity index (χ0) is 17.6. The summed E-state index contributed by atoms with van der Waals surface area (Å²) in [7, 11) is 0. The minimum absolute atomic E-state index is 0.0442. The molecule has 6 heteroatoms. The first-order valence-electron chi connectivity index (χ1n) is 9.19. The molecule has 25 heavy (non-hydrogen) atoms. The van der Waals surface area contributed by atoms with E-state index in [0.717, 1.165) is 50.2 Å². The highest BCUT2D eigenvalue weighted by molar-refractivity contribution is 8.00. The molecule has 3 rings (SSSR count). The van der Waals surface area contributed by atoms with Crippen LogP contribution in [0.5, 0.6) is 0 Å². The highest BCUT2D eigenvalue weighted by Crippen LogP contribution is 2.24. The van der Waals surface area contributed by atoms with Crippen LogP contribution in [0.3, 0.4) is 0 Å². The van der Waals surface area contributed by atoms with E-state index >= 15 is 0 Å². The summed E-state index contributed by atoms with van der Waals surface area (Å²) in [6.07, 6.45) is 4.28. The SMILES string of the molecule is CC1NCCCC1NC(=O)c1ccccc1SCC(=O)N1CCCC1. The fourth-order valence-electron chi connectivity index (χ4n) is 3.46. The number of thioether (sulfide) groups is 1. The van der Waals surface area contributed by atoms with E-state index in [-0.39, 0.29) is 23.9 Å². The third kappa shape index (κ3) is 4.76. The molecule has 2 saturated heterocycles. The Balaban J connectivity index is 1.61. The van der Waals surface area contributed by atoms with E-state index in [2.05, 4.69) is 17.6 Å². The van der Waals surface area contributed by atoms with Crippen LogP contribution < -0.4 is 10.6 Å². The fraction of sp³-hybridized carbons (Fsp3) is 0.579. The van der Waals surface area contributed by atoms with Gasteiger partial charge in [0.25, 0.3) is 5.91 Å². The molecule has 0 spiro atoms. The zero-order valence-corrected chi connectivity index (χ0v) is 15.6. The molecule has 1 aromatic carbocycles. The lowest BCUT2D eigenvalue weighted by Crippen LogP contribution is -2.51. The van der Waals surface area contributed by atoms with E-state index < -0.39 is 0 Å². The Bertz CT molecular complexity index is 616. The predicted octanol–water partition coefficient (Wildman–Crippen LogP) is 2.27. The van der Waals surface area contributed by atoms with Crippen LogP contribution in [0.25, 0.3) is 0 Å². The second-order valence-electron chi connectivity index (χ2n) is 6.84. The largest absolute Gasteiger partial charge is 0.348 e. The molecule has 2 unspecified atom stereocenters. The van der Waals surface area contributed by atoms with E-state index in [4.69, 9.17) is 0 Å². The molecule has 0 radical (unpaired) electrons. The van der Waals surface area contributed by atoms with Gasteiger partial charge in [-0.3, -0.25) is 9.59 Å². The Labute approximate surface area is 153 Å². The molecule has 1 aromatic rings. The number of benzene rings is 1. The van der Waals surface area contributed by atoms with Crippen LogP contribution in [0.4, 0.5) is 0 Å². The molecule has 0 saturated carbocycles. The Morgan fingerprint density at radius 3 is 2.76 bits per heavy atom. The van der Waals surface area contributed by atoms with Gasteiger partial charge in [-0.2, -0.15) is 0 Å². The van der Waals surface area contributed by atoms with Crippen LogP contribution in [0, 0.1) is 0 Å². The monoisotopic (exact) mass is 361 g/mol. The minimum atomic E-state index is -0.0442.